The third kappa shape index (κ3) is 3.90. The van der Waals surface area contributed by atoms with Crippen LogP contribution >= 0.6 is 56.5 Å². The molecular formula is C19H19I2N3O4S. The molecule has 0 saturated heterocycles. The summed E-state index contributed by atoms with van der Waals surface area (Å²) in [7, 11) is 1.64. The number of hydrogen-bond donors (Lipinski definition) is 2. The number of hydrogen-bond acceptors (Lipinski definition) is 6. The van der Waals surface area contributed by atoms with E-state index >= 15 is 0 Å². The molecule has 1 atom stereocenters. The van der Waals surface area contributed by atoms with Crippen molar-refractivity contribution in [2.24, 2.45) is 0 Å². The highest BCUT2D eigenvalue weighted by Crippen LogP contribution is 2.42. The number of rotatable bonds is 3. The molecule has 2 N–H and O–H groups in total. The zero-order valence-corrected chi connectivity index (χ0v) is 20.9. The first kappa shape index (κ1) is 21.0. The summed E-state index contributed by atoms with van der Waals surface area (Å²) in [6.07, 6.45) is -0.0445. The summed E-state index contributed by atoms with van der Waals surface area (Å²) in [5.74, 6) is 0.656. The van der Waals surface area contributed by atoms with Gasteiger partial charge in [0.15, 0.2) is 0 Å². The van der Waals surface area contributed by atoms with Crippen LogP contribution in [0.4, 0.5) is 9.80 Å². The molecule has 0 fully saturated rings. The average molecular weight is 639 g/mol. The molecule has 0 saturated carbocycles. The summed E-state index contributed by atoms with van der Waals surface area (Å²) in [4.78, 5) is 27.8. The highest BCUT2D eigenvalue weighted by atomic mass is 127. The van der Waals surface area contributed by atoms with Crippen molar-refractivity contribution in [3.8, 4) is 5.75 Å². The highest BCUT2D eigenvalue weighted by molar-refractivity contribution is 14.1. The van der Waals surface area contributed by atoms with E-state index in [9.17, 15) is 9.59 Å². The van der Waals surface area contributed by atoms with Crippen LogP contribution in [0.25, 0.3) is 0 Å². The van der Waals surface area contributed by atoms with Gasteiger partial charge in [-0.05, 0) is 76.2 Å². The molecule has 1 aromatic heterocycles. The van der Waals surface area contributed by atoms with Crippen molar-refractivity contribution >= 4 is 73.5 Å². The molecule has 0 bridgehead atoms. The summed E-state index contributed by atoms with van der Waals surface area (Å²) in [6, 6.07) is 4.05. The Hall–Kier alpha value is -1.28. The van der Waals surface area contributed by atoms with Crippen molar-refractivity contribution in [2.75, 3.05) is 25.6 Å². The van der Waals surface area contributed by atoms with Crippen molar-refractivity contribution in [2.45, 2.75) is 26.1 Å². The van der Waals surface area contributed by atoms with Crippen LogP contribution in [0.15, 0.2) is 12.1 Å². The lowest BCUT2D eigenvalue weighted by Crippen LogP contribution is -2.39. The Morgan fingerprint density at radius 3 is 2.86 bits per heavy atom. The predicted octanol–water partition coefficient (Wildman–Crippen LogP) is 4.33. The minimum Gasteiger partial charge on any atom is -0.495 e. The van der Waals surface area contributed by atoms with Crippen LogP contribution in [0.1, 0.15) is 39.5 Å². The molecule has 7 nitrogen and oxygen atoms in total. The summed E-state index contributed by atoms with van der Waals surface area (Å²) in [6.45, 7) is 3.17. The molecule has 0 radical (unpaired) electrons. The van der Waals surface area contributed by atoms with Crippen LogP contribution in [0.3, 0.4) is 0 Å². The van der Waals surface area contributed by atoms with Gasteiger partial charge < -0.3 is 25.0 Å². The number of benzene rings is 1. The largest absolute Gasteiger partial charge is 0.495 e. The van der Waals surface area contributed by atoms with Gasteiger partial charge in [0.1, 0.15) is 16.9 Å². The van der Waals surface area contributed by atoms with E-state index in [-0.39, 0.29) is 18.2 Å². The second kappa shape index (κ2) is 8.46. The van der Waals surface area contributed by atoms with Gasteiger partial charge in [-0.25, -0.2) is 4.79 Å². The van der Waals surface area contributed by atoms with Crippen molar-refractivity contribution < 1.29 is 19.1 Å². The normalized spacial score (nSPS) is 17.7. The number of fused-ring (bicyclic) bond motifs is 3. The minimum absolute atomic E-state index is 0.0956. The number of anilines is 1. The van der Waals surface area contributed by atoms with Gasteiger partial charge in [0.05, 0.1) is 29.4 Å². The van der Waals surface area contributed by atoms with Crippen molar-refractivity contribution in [3.63, 3.8) is 0 Å². The first-order valence-corrected chi connectivity index (χ1v) is 12.1. The lowest BCUT2D eigenvalue weighted by atomic mass is 10.0. The predicted molar refractivity (Wildman–Crippen MR) is 128 cm³/mol. The van der Waals surface area contributed by atoms with E-state index in [1.807, 2.05) is 12.1 Å². The Kier molecular flexibility index (Phi) is 6.11. The number of ether oxygens (including phenoxy) is 2. The zero-order valence-electron chi connectivity index (χ0n) is 15.8. The number of thiophene rings is 1. The highest BCUT2D eigenvalue weighted by Gasteiger charge is 2.35. The molecule has 29 heavy (non-hydrogen) atoms. The first-order valence-electron chi connectivity index (χ1n) is 9.09. The van der Waals surface area contributed by atoms with Gasteiger partial charge in [-0.3, -0.25) is 4.79 Å². The summed E-state index contributed by atoms with van der Waals surface area (Å²) < 4.78 is 12.8. The summed E-state index contributed by atoms with van der Waals surface area (Å²) >= 11 is 6.04. The summed E-state index contributed by atoms with van der Waals surface area (Å²) in [5, 5.41) is 7.38. The topological polar surface area (TPSA) is 79.9 Å². The number of nitrogens with one attached hydrogen (secondary N) is 2. The SMILES string of the molecule is CCOC(=O)N1CCc2c(sc3c2C(=O)N[C@@H](c2cc(I)cc(I)c2OC)N3)C1. The molecule has 2 aromatic rings. The second-order valence-corrected chi connectivity index (χ2v) is 10.2. The van der Waals surface area contributed by atoms with Crippen molar-refractivity contribution in [3.05, 3.63) is 40.8 Å². The zero-order chi connectivity index (χ0) is 20.7. The summed E-state index contributed by atoms with van der Waals surface area (Å²) in [5.41, 5.74) is 2.62. The van der Waals surface area contributed by atoms with E-state index in [2.05, 4.69) is 55.8 Å². The molecule has 0 spiro atoms. The van der Waals surface area contributed by atoms with Gasteiger partial charge in [0.2, 0.25) is 0 Å². The molecule has 2 aliphatic heterocycles. The van der Waals surface area contributed by atoms with Crippen molar-refractivity contribution in [1.82, 2.24) is 10.2 Å². The Bertz CT molecular complexity index is 994. The fourth-order valence-electron chi connectivity index (χ4n) is 3.65. The third-order valence-electron chi connectivity index (χ3n) is 4.91. The van der Waals surface area contributed by atoms with Crippen LogP contribution in [-0.4, -0.2) is 37.2 Å². The van der Waals surface area contributed by atoms with E-state index < -0.39 is 0 Å². The van der Waals surface area contributed by atoms with Crippen LogP contribution < -0.4 is 15.4 Å². The third-order valence-corrected chi connectivity index (χ3v) is 7.49. The number of nitrogens with zero attached hydrogens (tertiary/aromatic N) is 1. The van der Waals surface area contributed by atoms with E-state index in [1.54, 1.807) is 18.9 Å². The minimum atomic E-state index is -0.380. The molecule has 4 rings (SSSR count). The van der Waals surface area contributed by atoms with Gasteiger partial charge in [-0.15, -0.1) is 11.3 Å². The fraction of sp³-hybridized carbons (Fsp3) is 0.368. The standard InChI is InChI=1S/C19H19I2N3O4S/c1-3-28-19(26)24-5-4-10-13(8-24)29-18-14(10)17(25)22-16(23-18)11-6-9(20)7-12(21)15(11)27-2/h6-7,16,23H,3-5,8H2,1-2H3,(H,22,25)/t16-/m1/s1. The average Bonchev–Trinajstić information content (AvgIpc) is 3.05. The van der Waals surface area contributed by atoms with Crippen LogP contribution in [0, 0.1) is 7.14 Å². The molecule has 0 aliphatic carbocycles. The molecule has 154 valence electrons. The number of carbonyl (C=O) groups is 2. The number of methoxy groups -OCH3 is 1. The molecule has 1 aromatic carbocycles. The Morgan fingerprint density at radius 1 is 1.34 bits per heavy atom. The van der Waals surface area contributed by atoms with E-state index in [0.717, 1.165) is 33.9 Å². The molecular weight excluding hydrogens is 620 g/mol. The quantitative estimate of drug-likeness (QED) is 0.490. The maximum Gasteiger partial charge on any atom is 0.410 e. The molecule has 3 heterocycles. The van der Waals surface area contributed by atoms with Crippen LogP contribution in [0.2, 0.25) is 0 Å². The monoisotopic (exact) mass is 639 g/mol. The maximum absolute atomic E-state index is 13.0. The lowest BCUT2D eigenvalue weighted by Gasteiger charge is -2.29. The molecule has 2 aliphatic rings. The number of halogens is 2. The number of carbonyl (C=O) groups excluding carboxylic acids is 2. The van der Waals surface area contributed by atoms with Gasteiger partial charge in [-0.2, -0.15) is 0 Å². The first-order chi connectivity index (χ1) is 13.9. The van der Waals surface area contributed by atoms with Gasteiger partial charge in [-0.1, -0.05) is 0 Å². The fourth-order valence-corrected chi connectivity index (χ4v) is 7.05. The lowest BCUT2D eigenvalue weighted by molar-refractivity contribution is 0.0933. The van der Waals surface area contributed by atoms with Gasteiger partial charge >= 0.3 is 6.09 Å². The number of amides is 2. The Morgan fingerprint density at radius 2 is 2.14 bits per heavy atom. The second-order valence-electron chi connectivity index (χ2n) is 6.64. The Labute approximate surface area is 199 Å². The van der Waals surface area contributed by atoms with Crippen molar-refractivity contribution in [1.29, 1.82) is 0 Å². The maximum atomic E-state index is 13.0. The smallest absolute Gasteiger partial charge is 0.410 e. The van der Waals surface area contributed by atoms with Gasteiger partial charge in [0.25, 0.3) is 5.91 Å². The van der Waals surface area contributed by atoms with E-state index in [1.165, 1.54) is 11.3 Å². The van der Waals surface area contributed by atoms with E-state index in [4.69, 9.17) is 9.47 Å². The molecule has 10 heteroatoms. The Balaban J connectivity index is 1.65. The van der Waals surface area contributed by atoms with E-state index in [0.29, 0.717) is 31.7 Å². The molecule has 0 unspecified atom stereocenters. The molecule has 2 amide bonds. The van der Waals surface area contributed by atoms with Crippen LogP contribution in [-0.2, 0) is 17.7 Å². The van der Waals surface area contributed by atoms with Crippen LogP contribution in [0.5, 0.6) is 5.75 Å². The van der Waals surface area contributed by atoms with Gasteiger partial charge in [0, 0.05) is 20.6 Å².